The van der Waals surface area contributed by atoms with Gasteiger partial charge in [0.2, 0.25) is 0 Å². The summed E-state index contributed by atoms with van der Waals surface area (Å²) < 4.78 is 19.9. The van der Waals surface area contributed by atoms with Crippen molar-refractivity contribution in [2.75, 3.05) is 0 Å². The molecular weight excluding hydrogens is 341 g/mol. The Labute approximate surface area is 156 Å². The normalized spacial score (nSPS) is 11.0. The third-order valence-corrected chi connectivity index (χ3v) is 4.70. The number of aromatic nitrogens is 1. The van der Waals surface area contributed by atoms with Crippen LogP contribution in [0.2, 0.25) is 0 Å². The van der Waals surface area contributed by atoms with Crippen molar-refractivity contribution in [3.8, 4) is 11.1 Å². The summed E-state index contributed by atoms with van der Waals surface area (Å²) >= 11 is 0. The van der Waals surface area contributed by atoms with Crippen LogP contribution in [0, 0.1) is 12.7 Å². The molecule has 0 saturated carbocycles. The topological polar surface area (TPSA) is 43.1 Å². The maximum atomic E-state index is 14.6. The molecule has 4 heteroatoms. The van der Waals surface area contributed by atoms with E-state index in [1.54, 1.807) is 19.1 Å². The summed E-state index contributed by atoms with van der Waals surface area (Å²) in [6.45, 7) is 1.68. The molecule has 0 spiro atoms. The third-order valence-electron chi connectivity index (χ3n) is 4.70. The van der Waals surface area contributed by atoms with Gasteiger partial charge < -0.3 is 4.52 Å². The number of carbonyl (C=O) groups excluding carboxylic acids is 1. The van der Waals surface area contributed by atoms with Gasteiger partial charge in [-0.1, -0.05) is 47.6 Å². The van der Waals surface area contributed by atoms with Gasteiger partial charge in [-0.25, -0.2) is 4.39 Å². The van der Waals surface area contributed by atoms with Gasteiger partial charge in [0.15, 0.2) is 11.4 Å². The SMILES string of the molecule is Cc1cc(-c2ccccc2)cc(C(=O)CCc2noc3ccccc23)c1F. The van der Waals surface area contributed by atoms with E-state index in [0.29, 0.717) is 17.6 Å². The standard InChI is InChI=1S/C23H18FNO2/c1-15-13-17(16-7-3-2-4-8-16)14-19(23(15)24)21(26)12-11-20-18-9-5-6-10-22(18)27-25-20/h2-10,13-14H,11-12H2,1H3. The molecule has 27 heavy (non-hydrogen) atoms. The van der Waals surface area contributed by atoms with Crippen LogP contribution >= 0.6 is 0 Å². The molecule has 0 aliphatic rings. The van der Waals surface area contributed by atoms with E-state index in [0.717, 1.165) is 22.2 Å². The van der Waals surface area contributed by atoms with Crippen LogP contribution in [0.5, 0.6) is 0 Å². The van der Waals surface area contributed by atoms with E-state index in [-0.39, 0.29) is 17.8 Å². The van der Waals surface area contributed by atoms with Crippen molar-refractivity contribution in [1.29, 1.82) is 0 Å². The van der Waals surface area contributed by atoms with Crippen LogP contribution in [0.25, 0.3) is 22.1 Å². The molecule has 0 N–H and O–H groups in total. The van der Waals surface area contributed by atoms with E-state index in [9.17, 15) is 9.18 Å². The highest BCUT2D eigenvalue weighted by Gasteiger charge is 2.17. The number of hydrogen-bond donors (Lipinski definition) is 0. The Morgan fingerprint density at radius 2 is 1.74 bits per heavy atom. The zero-order chi connectivity index (χ0) is 18.8. The number of ketones is 1. The number of rotatable bonds is 5. The molecule has 3 nitrogen and oxygen atoms in total. The molecule has 0 amide bonds. The zero-order valence-electron chi connectivity index (χ0n) is 14.9. The van der Waals surface area contributed by atoms with Crippen LogP contribution in [0.4, 0.5) is 4.39 Å². The number of carbonyl (C=O) groups is 1. The largest absolute Gasteiger partial charge is 0.356 e. The molecule has 0 fully saturated rings. The van der Waals surface area contributed by atoms with Crippen molar-refractivity contribution >= 4 is 16.8 Å². The van der Waals surface area contributed by atoms with E-state index in [1.165, 1.54) is 0 Å². The predicted molar refractivity (Wildman–Crippen MR) is 103 cm³/mol. The number of fused-ring (bicyclic) bond motifs is 1. The minimum atomic E-state index is -0.454. The fraction of sp³-hybridized carbons (Fsp3) is 0.130. The quantitative estimate of drug-likeness (QED) is 0.426. The molecule has 134 valence electrons. The highest BCUT2D eigenvalue weighted by molar-refractivity contribution is 5.98. The van der Waals surface area contributed by atoms with Crippen LogP contribution in [0.1, 0.15) is 28.0 Å². The average molecular weight is 359 g/mol. The van der Waals surface area contributed by atoms with Gasteiger partial charge in [0.1, 0.15) is 5.82 Å². The third kappa shape index (κ3) is 3.38. The van der Waals surface area contributed by atoms with Crippen molar-refractivity contribution < 1.29 is 13.7 Å². The molecule has 0 atom stereocenters. The smallest absolute Gasteiger partial charge is 0.167 e. The molecule has 4 rings (SSSR count). The lowest BCUT2D eigenvalue weighted by molar-refractivity contribution is 0.0978. The fourth-order valence-corrected chi connectivity index (χ4v) is 3.25. The Hall–Kier alpha value is -3.27. The second-order valence-electron chi connectivity index (χ2n) is 6.57. The molecule has 0 aliphatic carbocycles. The molecule has 0 aliphatic heterocycles. The van der Waals surface area contributed by atoms with E-state index in [4.69, 9.17) is 4.52 Å². The van der Waals surface area contributed by atoms with Gasteiger partial charge >= 0.3 is 0 Å². The number of para-hydroxylation sites is 1. The van der Waals surface area contributed by atoms with E-state index < -0.39 is 5.82 Å². The molecule has 3 aromatic carbocycles. The Kier molecular flexibility index (Phi) is 4.55. The van der Waals surface area contributed by atoms with Gasteiger partial charge in [0.05, 0.1) is 11.3 Å². The molecular formula is C23H18FNO2. The van der Waals surface area contributed by atoms with Crippen molar-refractivity contribution in [2.45, 2.75) is 19.8 Å². The van der Waals surface area contributed by atoms with Crippen LogP contribution in [-0.2, 0) is 6.42 Å². The number of hydrogen-bond acceptors (Lipinski definition) is 3. The Morgan fingerprint density at radius 3 is 2.56 bits per heavy atom. The highest BCUT2D eigenvalue weighted by Crippen LogP contribution is 2.26. The van der Waals surface area contributed by atoms with Crippen LogP contribution in [-0.4, -0.2) is 10.9 Å². The minimum Gasteiger partial charge on any atom is -0.356 e. The number of nitrogens with zero attached hydrogens (tertiary/aromatic N) is 1. The summed E-state index contributed by atoms with van der Waals surface area (Å²) in [5.41, 5.74) is 3.79. The number of halogens is 1. The summed E-state index contributed by atoms with van der Waals surface area (Å²) in [6.07, 6.45) is 0.578. The maximum absolute atomic E-state index is 14.6. The first-order chi connectivity index (χ1) is 13.1. The first-order valence-corrected chi connectivity index (χ1v) is 8.85. The summed E-state index contributed by atoms with van der Waals surface area (Å²) in [5, 5.41) is 4.93. The first-order valence-electron chi connectivity index (χ1n) is 8.85. The molecule has 1 heterocycles. The Morgan fingerprint density at radius 1 is 1.00 bits per heavy atom. The van der Waals surface area contributed by atoms with Crippen molar-refractivity contribution in [2.24, 2.45) is 0 Å². The molecule has 1 aromatic heterocycles. The van der Waals surface area contributed by atoms with Gasteiger partial charge in [0.25, 0.3) is 0 Å². The first kappa shape index (κ1) is 17.2. The molecule has 4 aromatic rings. The van der Waals surface area contributed by atoms with Crippen LogP contribution in [0.3, 0.4) is 0 Å². The number of benzene rings is 3. The number of aryl methyl sites for hydroxylation is 2. The lowest BCUT2D eigenvalue weighted by Gasteiger charge is -2.09. The van der Waals surface area contributed by atoms with Crippen LogP contribution < -0.4 is 0 Å². The second-order valence-corrected chi connectivity index (χ2v) is 6.57. The van der Waals surface area contributed by atoms with Gasteiger partial charge in [0, 0.05) is 18.2 Å². The lowest BCUT2D eigenvalue weighted by atomic mass is 9.96. The van der Waals surface area contributed by atoms with E-state index in [1.807, 2.05) is 54.6 Å². The number of Topliss-reactive ketones (excluding diaryl/α,β-unsaturated/α-hetero) is 1. The van der Waals surface area contributed by atoms with Gasteiger partial charge in [-0.15, -0.1) is 0 Å². The predicted octanol–water partition coefficient (Wildman–Crippen LogP) is 5.76. The van der Waals surface area contributed by atoms with Gasteiger partial charge in [-0.2, -0.15) is 0 Å². The molecule has 0 unspecified atom stereocenters. The minimum absolute atomic E-state index is 0.127. The van der Waals surface area contributed by atoms with Crippen LogP contribution in [0.15, 0.2) is 71.3 Å². The van der Waals surface area contributed by atoms with Crippen molar-refractivity contribution in [3.63, 3.8) is 0 Å². The molecule has 0 radical (unpaired) electrons. The zero-order valence-corrected chi connectivity index (χ0v) is 14.9. The second kappa shape index (κ2) is 7.16. The highest BCUT2D eigenvalue weighted by atomic mass is 19.1. The average Bonchev–Trinajstić information content (AvgIpc) is 3.12. The van der Waals surface area contributed by atoms with E-state index in [2.05, 4.69) is 5.16 Å². The van der Waals surface area contributed by atoms with E-state index >= 15 is 0 Å². The fourth-order valence-electron chi connectivity index (χ4n) is 3.25. The monoisotopic (exact) mass is 359 g/mol. The van der Waals surface area contributed by atoms with Crippen molar-refractivity contribution in [3.05, 3.63) is 89.4 Å². The summed E-state index contributed by atoms with van der Waals surface area (Å²) in [5.74, 6) is -0.690. The molecule has 0 bridgehead atoms. The Balaban J connectivity index is 1.60. The summed E-state index contributed by atoms with van der Waals surface area (Å²) in [7, 11) is 0. The van der Waals surface area contributed by atoms with Gasteiger partial charge in [-0.3, -0.25) is 4.79 Å². The molecule has 0 saturated heterocycles. The maximum Gasteiger partial charge on any atom is 0.167 e. The lowest BCUT2D eigenvalue weighted by Crippen LogP contribution is -2.06. The van der Waals surface area contributed by atoms with Crippen molar-refractivity contribution in [1.82, 2.24) is 5.16 Å². The summed E-state index contributed by atoms with van der Waals surface area (Å²) in [4.78, 5) is 12.7. The Bertz CT molecular complexity index is 1120. The summed E-state index contributed by atoms with van der Waals surface area (Å²) in [6, 6.07) is 20.6. The van der Waals surface area contributed by atoms with Gasteiger partial charge in [-0.05, 0) is 47.9 Å².